The second-order valence-electron chi connectivity index (χ2n) is 3.61. The molecule has 0 aromatic heterocycles. The van der Waals surface area contributed by atoms with Crippen molar-refractivity contribution in [1.29, 1.82) is 0 Å². The summed E-state index contributed by atoms with van der Waals surface area (Å²) < 4.78 is 0. The number of para-hydroxylation sites is 1. The number of aliphatic hydroxyl groups excluding tert-OH is 1. The van der Waals surface area contributed by atoms with Gasteiger partial charge in [-0.05, 0) is 19.1 Å². The topological polar surface area (TPSA) is 35.8 Å². The highest BCUT2D eigenvalue weighted by molar-refractivity contribution is 8.14. The molecule has 1 aromatic carbocycles. The van der Waals surface area contributed by atoms with Crippen LogP contribution in [0.3, 0.4) is 0 Å². The van der Waals surface area contributed by atoms with Crippen molar-refractivity contribution in [2.24, 2.45) is 4.99 Å². The molecule has 1 fully saturated rings. The first-order valence-corrected chi connectivity index (χ1v) is 6.47. The van der Waals surface area contributed by atoms with Gasteiger partial charge in [-0.2, -0.15) is 0 Å². The number of hydrogen-bond acceptors (Lipinski definition) is 3. The SMILES string of the molecule is CCN=C1SCC(CO)N1c1ccccc1. The lowest BCUT2D eigenvalue weighted by Gasteiger charge is -2.24. The van der Waals surface area contributed by atoms with E-state index in [1.54, 1.807) is 11.8 Å². The molecule has 1 N–H and O–H groups in total. The highest BCUT2D eigenvalue weighted by atomic mass is 32.2. The van der Waals surface area contributed by atoms with Gasteiger partial charge in [-0.25, -0.2) is 0 Å². The van der Waals surface area contributed by atoms with Crippen molar-refractivity contribution in [1.82, 2.24) is 0 Å². The number of thioether (sulfide) groups is 1. The van der Waals surface area contributed by atoms with Crippen molar-refractivity contribution >= 4 is 22.6 Å². The molecule has 0 aliphatic carbocycles. The summed E-state index contributed by atoms with van der Waals surface area (Å²) in [7, 11) is 0. The molecule has 1 unspecified atom stereocenters. The summed E-state index contributed by atoms with van der Waals surface area (Å²) in [6.07, 6.45) is 0. The van der Waals surface area contributed by atoms with E-state index in [1.807, 2.05) is 25.1 Å². The van der Waals surface area contributed by atoms with Crippen molar-refractivity contribution in [2.45, 2.75) is 13.0 Å². The van der Waals surface area contributed by atoms with Crippen LogP contribution in [0, 0.1) is 0 Å². The van der Waals surface area contributed by atoms with E-state index in [-0.39, 0.29) is 12.6 Å². The zero-order valence-electron chi connectivity index (χ0n) is 9.34. The molecule has 3 nitrogen and oxygen atoms in total. The number of hydrogen-bond donors (Lipinski definition) is 1. The third-order valence-corrected chi connectivity index (χ3v) is 3.65. The van der Waals surface area contributed by atoms with Crippen LogP contribution in [-0.4, -0.2) is 35.2 Å². The monoisotopic (exact) mass is 236 g/mol. The maximum absolute atomic E-state index is 9.37. The Labute approximate surface area is 100 Å². The van der Waals surface area contributed by atoms with Gasteiger partial charge in [0.2, 0.25) is 0 Å². The Balaban J connectivity index is 2.30. The second kappa shape index (κ2) is 5.37. The van der Waals surface area contributed by atoms with Crippen LogP contribution in [0.5, 0.6) is 0 Å². The first kappa shape index (κ1) is 11.5. The molecule has 1 atom stereocenters. The summed E-state index contributed by atoms with van der Waals surface area (Å²) in [5.41, 5.74) is 1.11. The minimum Gasteiger partial charge on any atom is -0.394 e. The number of aliphatic hydroxyl groups is 1. The molecule has 16 heavy (non-hydrogen) atoms. The molecular weight excluding hydrogens is 220 g/mol. The lowest BCUT2D eigenvalue weighted by atomic mass is 10.2. The van der Waals surface area contributed by atoms with Crippen LogP contribution in [0.25, 0.3) is 0 Å². The van der Waals surface area contributed by atoms with Crippen LogP contribution in [0.15, 0.2) is 35.3 Å². The van der Waals surface area contributed by atoms with Gasteiger partial charge < -0.3 is 10.0 Å². The average Bonchev–Trinajstić information content (AvgIpc) is 2.74. The maximum Gasteiger partial charge on any atom is 0.164 e. The molecule has 2 rings (SSSR count). The van der Waals surface area contributed by atoms with Gasteiger partial charge in [0, 0.05) is 18.0 Å². The van der Waals surface area contributed by atoms with Crippen molar-refractivity contribution in [3.05, 3.63) is 30.3 Å². The Morgan fingerprint density at radius 3 is 2.81 bits per heavy atom. The predicted octanol–water partition coefficient (Wildman–Crippen LogP) is 1.98. The fourth-order valence-corrected chi connectivity index (χ4v) is 2.98. The van der Waals surface area contributed by atoms with Crippen molar-refractivity contribution in [3.63, 3.8) is 0 Å². The number of nitrogens with zero attached hydrogens (tertiary/aromatic N) is 2. The molecule has 1 aliphatic rings. The highest BCUT2D eigenvalue weighted by Crippen LogP contribution is 2.29. The molecular formula is C12H16N2OS. The third kappa shape index (κ3) is 2.23. The quantitative estimate of drug-likeness (QED) is 0.871. The zero-order chi connectivity index (χ0) is 11.4. The Bertz CT molecular complexity index is 367. The fourth-order valence-electron chi connectivity index (χ4n) is 1.77. The fraction of sp³-hybridized carbons (Fsp3) is 0.417. The number of amidine groups is 1. The third-order valence-electron chi connectivity index (χ3n) is 2.51. The lowest BCUT2D eigenvalue weighted by Crippen LogP contribution is -2.36. The smallest absolute Gasteiger partial charge is 0.164 e. The van der Waals surface area contributed by atoms with Gasteiger partial charge in [-0.1, -0.05) is 30.0 Å². The van der Waals surface area contributed by atoms with E-state index in [0.717, 1.165) is 23.2 Å². The molecule has 86 valence electrons. The van der Waals surface area contributed by atoms with Crippen LogP contribution in [0.1, 0.15) is 6.92 Å². The summed E-state index contributed by atoms with van der Waals surface area (Å²) in [5.74, 6) is 0.907. The van der Waals surface area contributed by atoms with Gasteiger partial charge in [0.1, 0.15) is 0 Å². The molecule has 0 saturated carbocycles. The number of rotatable bonds is 3. The van der Waals surface area contributed by atoms with E-state index in [4.69, 9.17) is 0 Å². The molecule has 1 aliphatic heterocycles. The largest absolute Gasteiger partial charge is 0.394 e. The van der Waals surface area contributed by atoms with Gasteiger partial charge in [0.25, 0.3) is 0 Å². The van der Waals surface area contributed by atoms with Gasteiger partial charge >= 0.3 is 0 Å². The van der Waals surface area contributed by atoms with E-state index in [1.165, 1.54) is 0 Å². The highest BCUT2D eigenvalue weighted by Gasteiger charge is 2.30. The van der Waals surface area contributed by atoms with Gasteiger partial charge in [-0.15, -0.1) is 0 Å². The van der Waals surface area contributed by atoms with Gasteiger partial charge in [-0.3, -0.25) is 4.99 Å². The minimum atomic E-state index is 0.151. The molecule has 1 aromatic rings. The van der Waals surface area contributed by atoms with E-state index >= 15 is 0 Å². The molecule has 0 bridgehead atoms. The molecule has 4 heteroatoms. The molecule has 0 radical (unpaired) electrons. The Morgan fingerprint density at radius 2 is 2.19 bits per heavy atom. The van der Waals surface area contributed by atoms with E-state index in [0.29, 0.717) is 0 Å². The summed E-state index contributed by atoms with van der Waals surface area (Å²) in [5, 5.41) is 10.4. The molecule has 0 amide bonds. The molecule has 1 saturated heterocycles. The van der Waals surface area contributed by atoms with E-state index in [2.05, 4.69) is 22.0 Å². The standard InChI is InChI=1S/C12H16N2OS/c1-2-13-12-14(11(8-15)9-16-12)10-6-4-3-5-7-10/h3-7,11,15H,2,8-9H2,1H3. The predicted molar refractivity (Wildman–Crippen MR) is 70.2 cm³/mol. The van der Waals surface area contributed by atoms with E-state index < -0.39 is 0 Å². The van der Waals surface area contributed by atoms with Crippen molar-refractivity contribution < 1.29 is 5.11 Å². The normalized spacial score (nSPS) is 23.0. The molecule has 1 heterocycles. The number of benzene rings is 1. The Hall–Kier alpha value is -1.00. The number of aliphatic imine (C=N–C) groups is 1. The van der Waals surface area contributed by atoms with Gasteiger partial charge in [0.15, 0.2) is 5.17 Å². The minimum absolute atomic E-state index is 0.151. The van der Waals surface area contributed by atoms with Crippen LogP contribution < -0.4 is 4.90 Å². The maximum atomic E-state index is 9.37. The second-order valence-corrected chi connectivity index (χ2v) is 4.60. The van der Waals surface area contributed by atoms with Crippen LogP contribution >= 0.6 is 11.8 Å². The van der Waals surface area contributed by atoms with Crippen LogP contribution in [0.4, 0.5) is 5.69 Å². The summed E-state index contributed by atoms with van der Waals surface area (Å²) in [6, 6.07) is 10.3. The zero-order valence-corrected chi connectivity index (χ0v) is 10.2. The first-order valence-electron chi connectivity index (χ1n) is 5.49. The summed E-state index contributed by atoms with van der Waals surface area (Å²) in [4.78, 5) is 6.61. The lowest BCUT2D eigenvalue weighted by molar-refractivity contribution is 0.277. The average molecular weight is 236 g/mol. The first-order chi connectivity index (χ1) is 7.86. The Kier molecular flexibility index (Phi) is 3.85. The van der Waals surface area contributed by atoms with Crippen LogP contribution in [0.2, 0.25) is 0 Å². The number of anilines is 1. The summed E-state index contributed by atoms with van der Waals surface area (Å²) in [6.45, 7) is 2.98. The van der Waals surface area contributed by atoms with Gasteiger partial charge in [0.05, 0.1) is 12.6 Å². The van der Waals surface area contributed by atoms with Crippen molar-refractivity contribution in [2.75, 3.05) is 23.8 Å². The summed E-state index contributed by atoms with van der Waals surface area (Å²) >= 11 is 1.72. The van der Waals surface area contributed by atoms with Crippen LogP contribution in [-0.2, 0) is 0 Å². The van der Waals surface area contributed by atoms with Crippen molar-refractivity contribution in [3.8, 4) is 0 Å². The Morgan fingerprint density at radius 1 is 1.44 bits per heavy atom. The van der Waals surface area contributed by atoms with E-state index in [9.17, 15) is 5.11 Å². The molecule has 0 spiro atoms.